The molecule has 1 N–H and O–H groups in total. The number of carbonyl (C=O) groups is 4. The normalized spacial score (nSPS) is 17.4. The van der Waals surface area contributed by atoms with E-state index in [1.54, 1.807) is 38.1 Å². The van der Waals surface area contributed by atoms with E-state index in [9.17, 15) is 36.7 Å². The summed E-state index contributed by atoms with van der Waals surface area (Å²) >= 11 is 0. The van der Waals surface area contributed by atoms with E-state index in [0.29, 0.717) is 42.8 Å². The van der Waals surface area contributed by atoms with Crippen molar-refractivity contribution in [1.82, 2.24) is 20.0 Å². The minimum Gasteiger partial charge on any atom is -0.492 e. The SMILES string of the molecule is CC(C)C(NC(=O)c1cc(C(F)(F)F)ccc1F)C(=O)N1CCC2(CC1)C(=O)N(C)C(=O)N2c1ccc(OCCN(C)C)cc1. The first kappa shape index (κ1) is 33.7. The van der Waals surface area contributed by atoms with Crippen molar-refractivity contribution in [3.8, 4) is 5.75 Å². The molecule has 0 aliphatic carbocycles. The van der Waals surface area contributed by atoms with Crippen LogP contribution >= 0.6 is 0 Å². The zero-order valence-electron chi connectivity index (χ0n) is 25.8. The first-order valence-corrected chi connectivity index (χ1v) is 14.5. The van der Waals surface area contributed by atoms with E-state index in [0.717, 1.165) is 4.90 Å². The van der Waals surface area contributed by atoms with Crippen molar-refractivity contribution in [2.24, 2.45) is 5.92 Å². The zero-order chi connectivity index (χ0) is 33.3. The van der Waals surface area contributed by atoms with Gasteiger partial charge in [0.2, 0.25) is 5.91 Å². The second-order valence-electron chi connectivity index (χ2n) is 11.9. The van der Waals surface area contributed by atoms with Crippen LogP contribution in [-0.4, -0.2) is 97.4 Å². The van der Waals surface area contributed by atoms with Crippen molar-refractivity contribution in [3.63, 3.8) is 0 Å². The van der Waals surface area contributed by atoms with Gasteiger partial charge >= 0.3 is 12.2 Å². The lowest BCUT2D eigenvalue weighted by molar-refractivity contribution is -0.139. The van der Waals surface area contributed by atoms with Gasteiger partial charge in [-0.25, -0.2) is 9.18 Å². The first-order valence-electron chi connectivity index (χ1n) is 14.5. The van der Waals surface area contributed by atoms with Crippen LogP contribution in [0.15, 0.2) is 42.5 Å². The van der Waals surface area contributed by atoms with Crippen LogP contribution in [0.1, 0.15) is 42.6 Å². The second kappa shape index (κ2) is 13.0. The molecule has 2 fully saturated rings. The van der Waals surface area contributed by atoms with Gasteiger partial charge in [-0.1, -0.05) is 13.8 Å². The summed E-state index contributed by atoms with van der Waals surface area (Å²) in [5.41, 5.74) is -2.77. The highest BCUT2D eigenvalue weighted by atomic mass is 19.4. The van der Waals surface area contributed by atoms with Gasteiger partial charge in [0, 0.05) is 32.4 Å². The Balaban J connectivity index is 1.49. The summed E-state index contributed by atoms with van der Waals surface area (Å²) in [6.45, 7) is 4.58. The molecule has 1 atom stereocenters. The average Bonchev–Trinajstić information content (AvgIpc) is 3.15. The number of likely N-dealkylation sites (tertiary alicyclic amines) is 1. The topological polar surface area (TPSA) is 102 Å². The number of hydrogen-bond acceptors (Lipinski definition) is 6. The van der Waals surface area contributed by atoms with E-state index in [1.807, 2.05) is 19.0 Å². The molecule has 1 unspecified atom stereocenters. The van der Waals surface area contributed by atoms with Crippen LogP contribution in [0.3, 0.4) is 0 Å². The molecule has 2 aromatic rings. The smallest absolute Gasteiger partial charge is 0.416 e. The molecular formula is C31H37F4N5O5. The lowest BCUT2D eigenvalue weighted by Crippen LogP contribution is -2.60. The molecule has 244 valence electrons. The van der Waals surface area contributed by atoms with Gasteiger partial charge in [0.15, 0.2) is 0 Å². The van der Waals surface area contributed by atoms with Gasteiger partial charge < -0.3 is 19.9 Å². The van der Waals surface area contributed by atoms with E-state index in [4.69, 9.17) is 4.74 Å². The fraction of sp³-hybridized carbons (Fsp3) is 0.484. The molecule has 2 heterocycles. The number of benzene rings is 2. The van der Waals surface area contributed by atoms with Crippen molar-refractivity contribution >= 4 is 29.4 Å². The summed E-state index contributed by atoms with van der Waals surface area (Å²) in [7, 11) is 5.26. The number of nitrogens with zero attached hydrogens (tertiary/aromatic N) is 4. The number of piperidine rings is 1. The monoisotopic (exact) mass is 635 g/mol. The quantitative estimate of drug-likeness (QED) is 0.330. The Hall–Kier alpha value is -4.20. The third-order valence-electron chi connectivity index (χ3n) is 8.17. The predicted molar refractivity (Wildman–Crippen MR) is 157 cm³/mol. The van der Waals surface area contributed by atoms with Gasteiger partial charge in [-0.2, -0.15) is 13.2 Å². The summed E-state index contributed by atoms with van der Waals surface area (Å²) in [6, 6.07) is 6.66. The minimum absolute atomic E-state index is 0.0605. The number of alkyl halides is 3. The van der Waals surface area contributed by atoms with Crippen LogP contribution in [-0.2, 0) is 15.8 Å². The van der Waals surface area contributed by atoms with Gasteiger partial charge in [0.25, 0.3) is 11.8 Å². The van der Waals surface area contributed by atoms with Crippen molar-refractivity contribution < 1.29 is 41.5 Å². The average molecular weight is 636 g/mol. The van der Waals surface area contributed by atoms with Gasteiger partial charge in [-0.15, -0.1) is 0 Å². The fourth-order valence-electron chi connectivity index (χ4n) is 5.56. The molecule has 5 amide bonds. The van der Waals surface area contributed by atoms with Crippen LogP contribution in [0.4, 0.5) is 28.0 Å². The highest BCUT2D eigenvalue weighted by molar-refractivity contribution is 6.16. The number of hydrogen-bond donors (Lipinski definition) is 1. The maximum absolute atomic E-state index is 14.4. The standard InChI is InChI=1S/C31H37F4N5O5/c1-19(2)25(36-26(41)23-18-20(31(33,34)35)6-11-24(23)32)27(42)39-14-12-30(13-15-39)28(43)38(5)29(44)40(30)21-7-9-22(10-8-21)45-17-16-37(3)4/h6-11,18-19,25H,12-17H2,1-5H3,(H,36,41). The molecule has 14 heteroatoms. The maximum atomic E-state index is 14.4. The van der Waals surface area contributed by atoms with Gasteiger partial charge in [-0.05, 0) is 75.3 Å². The third-order valence-corrected chi connectivity index (χ3v) is 8.17. The van der Waals surface area contributed by atoms with Crippen LogP contribution in [0.2, 0.25) is 0 Å². The molecule has 4 rings (SSSR count). The first-order chi connectivity index (χ1) is 21.1. The van der Waals surface area contributed by atoms with Crippen molar-refractivity contribution in [3.05, 3.63) is 59.4 Å². The van der Waals surface area contributed by atoms with E-state index >= 15 is 0 Å². The number of nitrogens with one attached hydrogen (secondary N) is 1. The number of imide groups is 1. The summed E-state index contributed by atoms with van der Waals surface area (Å²) in [5.74, 6) is -3.14. The molecule has 2 saturated heterocycles. The zero-order valence-corrected chi connectivity index (χ0v) is 25.8. The summed E-state index contributed by atoms with van der Waals surface area (Å²) in [4.78, 5) is 59.1. The molecule has 2 aliphatic heterocycles. The Labute approximate surface area is 258 Å². The largest absolute Gasteiger partial charge is 0.492 e. The molecule has 0 radical (unpaired) electrons. The Morgan fingerprint density at radius 2 is 1.67 bits per heavy atom. The highest BCUT2D eigenvalue weighted by Crippen LogP contribution is 2.41. The van der Waals surface area contributed by atoms with Crippen LogP contribution in [0, 0.1) is 11.7 Å². The Kier molecular flexibility index (Phi) is 9.76. The van der Waals surface area contributed by atoms with Gasteiger partial charge in [0.1, 0.15) is 29.8 Å². The number of anilines is 1. The maximum Gasteiger partial charge on any atom is 0.416 e. The van der Waals surface area contributed by atoms with Crippen LogP contribution in [0.5, 0.6) is 5.75 Å². The Bertz CT molecular complexity index is 1440. The molecule has 0 saturated carbocycles. The summed E-state index contributed by atoms with van der Waals surface area (Å²) in [5, 5.41) is 2.40. The molecule has 10 nitrogen and oxygen atoms in total. The molecule has 1 spiro atoms. The number of rotatable bonds is 9. The Morgan fingerprint density at radius 1 is 1.04 bits per heavy atom. The Morgan fingerprint density at radius 3 is 2.22 bits per heavy atom. The van der Waals surface area contributed by atoms with Gasteiger partial charge in [-0.3, -0.25) is 24.2 Å². The number of urea groups is 1. The molecule has 2 aliphatic rings. The minimum atomic E-state index is -4.79. The molecule has 0 bridgehead atoms. The lowest BCUT2D eigenvalue weighted by atomic mass is 9.85. The highest BCUT2D eigenvalue weighted by Gasteiger charge is 2.58. The number of ether oxygens (including phenoxy) is 1. The molecule has 0 aromatic heterocycles. The number of halogens is 4. The van der Waals surface area contributed by atoms with E-state index in [2.05, 4.69) is 5.32 Å². The van der Waals surface area contributed by atoms with Crippen LogP contribution in [0.25, 0.3) is 0 Å². The molecular weight excluding hydrogens is 598 g/mol. The van der Waals surface area contributed by atoms with Crippen LogP contribution < -0.4 is 15.0 Å². The van der Waals surface area contributed by atoms with E-state index < -0.39 is 64.4 Å². The van der Waals surface area contributed by atoms with Gasteiger partial charge in [0.05, 0.1) is 11.1 Å². The summed E-state index contributed by atoms with van der Waals surface area (Å²) in [6.07, 6.45) is -4.58. The lowest BCUT2D eigenvalue weighted by Gasteiger charge is -2.43. The van der Waals surface area contributed by atoms with Crippen molar-refractivity contribution in [2.75, 3.05) is 52.3 Å². The third kappa shape index (κ3) is 6.90. The summed E-state index contributed by atoms with van der Waals surface area (Å²) < 4.78 is 59.6. The number of carbonyl (C=O) groups excluding carboxylic acids is 4. The van der Waals surface area contributed by atoms with Crippen molar-refractivity contribution in [2.45, 2.75) is 44.4 Å². The second-order valence-corrected chi connectivity index (χ2v) is 11.9. The number of amides is 5. The number of likely N-dealkylation sites (N-methyl/N-ethyl adjacent to an activating group) is 2. The van der Waals surface area contributed by atoms with E-state index in [-0.39, 0.29) is 25.9 Å². The molecule has 2 aromatic carbocycles. The predicted octanol–water partition coefficient (Wildman–Crippen LogP) is 4.00. The fourth-order valence-corrected chi connectivity index (χ4v) is 5.56. The van der Waals surface area contributed by atoms with Crippen molar-refractivity contribution in [1.29, 1.82) is 0 Å². The molecule has 45 heavy (non-hydrogen) atoms. The van der Waals surface area contributed by atoms with E-state index in [1.165, 1.54) is 16.8 Å².